The molecule has 2 heterocycles. The summed E-state index contributed by atoms with van der Waals surface area (Å²) < 4.78 is 9.29. The Balaban J connectivity index is 1.57. The fourth-order valence-corrected chi connectivity index (χ4v) is 3.88. The number of ether oxygens (including phenoxy) is 1. The lowest BCUT2D eigenvalue weighted by Gasteiger charge is -2.08. The molecule has 2 aromatic heterocycles. The van der Waals surface area contributed by atoms with E-state index in [1.165, 1.54) is 5.56 Å². The Labute approximate surface area is 176 Å². The van der Waals surface area contributed by atoms with Gasteiger partial charge in [0.1, 0.15) is 11.4 Å². The Morgan fingerprint density at radius 1 is 1.10 bits per heavy atom. The van der Waals surface area contributed by atoms with Gasteiger partial charge in [0.15, 0.2) is 0 Å². The second-order valence-corrected chi connectivity index (χ2v) is 7.44. The molecule has 0 aliphatic rings. The number of carbonyl (C=O) groups excluding carboxylic acids is 1. The summed E-state index contributed by atoms with van der Waals surface area (Å²) in [5.74, 6) is 0.591. The predicted octanol–water partition coefficient (Wildman–Crippen LogP) is 4.50. The number of hydrogen-bond donors (Lipinski definition) is 1. The Kier molecular flexibility index (Phi) is 5.31. The van der Waals surface area contributed by atoms with E-state index in [4.69, 9.17) is 4.74 Å². The highest BCUT2D eigenvalue weighted by atomic mass is 16.5. The third-order valence-corrected chi connectivity index (χ3v) is 5.57. The number of nitrogens with one attached hydrogen (secondary N) is 1. The molecule has 0 unspecified atom stereocenters. The van der Waals surface area contributed by atoms with Gasteiger partial charge in [-0.25, -0.2) is 0 Å². The standard InChI is InChI=1S/C24H26N4O2/c1-16-23(17(2)28(26-16)14-13-18-9-6-5-7-10-18)25-24(29)21-15-19-20(27(21)3)11-8-12-22(19)30-4/h5-12,15H,13-14H2,1-4H3,(H,25,29). The maximum absolute atomic E-state index is 13.1. The minimum atomic E-state index is -0.162. The topological polar surface area (TPSA) is 61.1 Å². The maximum Gasteiger partial charge on any atom is 0.272 e. The number of nitrogens with zero attached hydrogens (tertiary/aromatic N) is 3. The van der Waals surface area contributed by atoms with Crippen molar-refractivity contribution in [1.82, 2.24) is 14.3 Å². The van der Waals surface area contributed by atoms with Crippen LogP contribution in [0.3, 0.4) is 0 Å². The first-order chi connectivity index (χ1) is 14.5. The average molecular weight is 402 g/mol. The summed E-state index contributed by atoms with van der Waals surface area (Å²) in [5.41, 5.74) is 5.32. The molecule has 0 atom stereocenters. The molecule has 1 amide bonds. The Morgan fingerprint density at radius 3 is 2.60 bits per heavy atom. The van der Waals surface area contributed by atoms with E-state index in [-0.39, 0.29) is 5.91 Å². The molecule has 4 rings (SSSR count). The van der Waals surface area contributed by atoms with Crippen LogP contribution in [-0.2, 0) is 20.0 Å². The molecule has 6 nitrogen and oxygen atoms in total. The molecule has 1 N–H and O–H groups in total. The smallest absolute Gasteiger partial charge is 0.272 e. The normalized spacial score (nSPS) is 11.1. The SMILES string of the molecule is COc1cccc2c1cc(C(=O)Nc1c(C)nn(CCc3ccccc3)c1C)n2C. The van der Waals surface area contributed by atoms with Crippen LogP contribution < -0.4 is 10.1 Å². The van der Waals surface area contributed by atoms with E-state index in [0.29, 0.717) is 5.69 Å². The minimum Gasteiger partial charge on any atom is -0.496 e. The molecule has 0 saturated carbocycles. The number of hydrogen-bond acceptors (Lipinski definition) is 3. The summed E-state index contributed by atoms with van der Waals surface area (Å²) in [4.78, 5) is 13.1. The molecule has 0 bridgehead atoms. The molecular weight excluding hydrogens is 376 g/mol. The first-order valence-corrected chi connectivity index (χ1v) is 10.0. The third kappa shape index (κ3) is 3.56. The second kappa shape index (κ2) is 8.06. The molecular formula is C24H26N4O2. The first-order valence-electron chi connectivity index (χ1n) is 10.0. The Hall–Kier alpha value is -3.54. The van der Waals surface area contributed by atoms with E-state index in [1.807, 2.05) is 72.6 Å². The number of amides is 1. The van der Waals surface area contributed by atoms with E-state index in [9.17, 15) is 4.79 Å². The number of methoxy groups -OCH3 is 1. The van der Waals surface area contributed by atoms with Crippen LogP contribution >= 0.6 is 0 Å². The van der Waals surface area contributed by atoms with Crippen LogP contribution in [0.15, 0.2) is 54.6 Å². The molecule has 154 valence electrons. The van der Waals surface area contributed by atoms with Gasteiger partial charge in [0.05, 0.1) is 29.7 Å². The quantitative estimate of drug-likeness (QED) is 0.517. The largest absolute Gasteiger partial charge is 0.496 e. The van der Waals surface area contributed by atoms with E-state index < -0.39 is 0 Å². The van der Waals surface area contributed by atoms with Gasteiger partial charge in [-0.15, -0.1) is 0 Å². The van der Waals surface area contributed by atoms with E-state index in [2.05, 4.69) is 22.5 Å². The predicted molar refractivity (Wildman–Crippen MR) is 119 cm³/mol. The van der Waals surface area contributed by atoms with Gasteiger partial charge in [-0.05, 0) is 44.0 Å². The third-order valence-electron chi connectivity index (χ3n) is 5.57. The molecule has 0 fully saturated rings. The van der Waals surface area contributed by atoms with Gasteiger partial charge in [-0.3, -0.25) is 9.48 Å². The monoisotopic (exact) mass is 402 g/mol. The average Bonchev–Trinajstić information content (AvgIpc) is 3.24. The summed E-state index contributed by atoms with van der Waals surface area (Å²) in [6.07, 6.45) is 0.888. The fourth-order valence-electron chi connectivity index (χ4n) is 3.88. The number of fused-ring (bicyclic) bond motifs is 1. The maximum atomic E-state index is 13.1. The zero-order valence-electron chi connectivity index (χ0n) is 17.8. The van der Waals surface area contributed by atoms with Gasteiger partial charge in [0, 0.05) is 19.0 Å². The zero-order chi connectivity index (χ0) is 21.3. The lowest BCUT2D eigenvalue weighted by molar-refractivity contribution is 0.101. The lowest BCUT2D eigenvalue weighted by atomic mass is 10.1. The molecule has 0 saturated heterocycles. The van der Waals surface area contributed by atoms with Gasteiger partial charge in [0.2, 0.25) is 0 Å². The van der Waals surface area contributed by atoms with Crippen molar-refractivity contribution < 1.29 is 9.53 Å². The lowest BCUT2D eigenvalue weighted by Crippen LogP contribution is -2.16. The number of aromatic nitrogens is 3. The highest BCUT2D eigenvalue weighted by Crippen LogP contribution is 2.29. The summed E-state index contributed by atoms with van der Waals surface area (Å²) in [6, 6.07) is 18.0. The van der Waals surface area contributed by atoms with Crippen molar-refractivity contribution in [1.29, 1.82) is 0 Å². The van der Waals surface area contributed by atoms with Crippen molar-refractivity contribution in [2.24, 2.45) is 7.05 Å². The number of anilines is 1. The van der Waals surface area contributed by atoms with Crippen molar-refractivity contribution in [2.75, 3.05) is 12.4 Å². The van der Waals surface area contributed by atoms with Crippen molar-refractivity contribution in [3.63, 3.8) is 0 Å². The molecule has 0 aliphatic carbocycles. The molecule has 0 spiro atoms. The Morgan fingerprint density at radius 2 is 1.87 bits per heavy atom. The van der Waals surface area contributed by atoms with Crippen molar-refractivity contribution in [3.05, 3.63) is 77.2 Å². The highest BCUT2D eigenvalue weighted by molar-refractivity contribution is 6.07. The van der Waals surface area contributed by atoms with Crippen LogP contribution in [-0.4, -0.2) is 27.4 Å². The summed E-state index contributed by atoms with van der Waals surface area (Å²) in [7, 11) is 3.53. The van der Waals surface area contributed by atoms with Crippen LogP contribution in [0.4, 0.5) is 5.69 Å². The first kappa shape index (κ1) is 19.8. The summed E-state index contributed by atoms with van der Waals surface area (Å²) in [5, 5.41) is 8.62. The fraction of sp³-hybridized carbons (Fsp3) is 0.250. The molecule has 0 aliphatic heterocycles. The van der Waals surface area contributed by atoms with Gasteiger partial charge in [-0.1, -0.05) is 36.4 Å². The van der Waals surface area contributed by atoms with Crippen molar-refractivity contribution in [3.8, 4) is 5.75 Å². The molecule has 0 radical (unpaired) electrons. The Bertz CT molecular complexity index is 1210. The molecule has 2 aromatic carbocycles. The minimum absolute atomic E-state index is 0.162. The number of benzene rings is 2. The van der Waals surface area contributed by atoms with Gasteiger partial charge in [-0.2, -0.15) is 5.10 Å². The number of aryl methyl sites for hydroxylation is 4. The van der Waals surface area contributed by atoms with E-state index in [0.717, 1.165) is 46.7 Å². The molecule has 6 heteroatoms. The number of rotatable bonds is 6. The van der Waals surface area contributed by atoms with Crippen molar-refractivity contribution >= 4 is 22.5 Å². The van der Waals surface area contributed by atoms with E-state index in [1.54, 1.807) is 7.11 Å². The second-order valence-electron chi connectivity index (χ2n) is 7.44. The van der Waals surface area contributed by atoms with Crippen molar-refractivity contribution in [2.45, 2.75) is 26.8 Å². The number of carbonyl (C=O) groups is 1. The van der Waals surface area contributed by atoms with Crippen LogP contribution in [0, 0.1) is 13.8 Å². The van der Waals surface area contributed by atoms with Gasteiger partial charge in [0.25, 0.3) is 5.91 Å². The van der Waals surface area contributed by atoms with E-state index >= 15 is 0 Å². The van der Waals surface area contributed by atoms with Crippen LogP contribution in [0.1, 0.15) is 27.4 Å². The van der Waals surface area contributed by atoms with Crippen LogP contribution in [0.2, 0.25) is 0 Å². The highest BCUT2D eigenvalue weighted by Gasteiger charge is 2.19. The summed E-state index contributed by atoms with van der Waals surface area (Å²) >= 11 is 0. The van der Waals surface area contributed by atoms with Gasteiger partial charge < -0.3 is 14.6 Å². The molecule has 4 aromatic rings. The van der Waals surface area contributed by atoms with Crippen LogP contribution in [0.25, 0.3) is 10.9 Å². The van der Waals surface area contributed by atoms with Crippen LogP contribution in [0.5, 0.6) is 5.75 Å². The summed E-state index contributed by atoms with van der Waals surface area (Å²) in [6.45, 7) is 4.68. The molecule has 30 heavy (non-hydrogen) atoms. The van der Waals surface area contributed by atoms with Gasteiger partial charge >= 0.3 is 0 Å². The zero-order valence-corrected chi connectivity index (χ0v) is 17.8.